The highest BCUT2D eigenvalue weighted by atomic mass is 16.6. The first-order valence-corrected chi connectivity index (χ1v) is 8.03. The zero-order chi connectivity index (χ0) is 18.8. The Morgan fingerprint density at radius 3 is 2.36 bits per heavy atom. The lowest BCUT2D eigenvalue weighted by molar-refractivity contribution is -0.384. The quantitative estimate of drug-likeness (QED) is 0.472. The number of nitro benzene ring substituents is 1. The van der Waals surface area contributed by atoms with E-state index in [-0.39, 0.29) is 17.3 Å². The van der Waals surface area contributed by atoms with E-state index in [1.54, 1.807) is 32.6 Å². The van der Waals surface area contributed by atoms with Crippen LogP contribution in [0.3, 0.4) is 0 Å². The van der Waals surface area contributed by atoms with Gasteiger partial charge in [0.1, 0.15) is 11.7 Å². The van der Waals surface area contributed by atoms with E-state index in [1.165, 1.54) is 24.3 Å². The van der Waals surface area contributed by atoms with Crippen molar-refractivity contribution < 1.29 is 24.0 Å². The van der Waals surface area contributed by atoms with Gasteiger partial charge in [-0.25, -0.2) is 9.59 Å². The van der Waals surface area contributed by atoms with Gasteiger partial charge in [-0.05, 0) is 39.8 Å². The SMILES string of the molecule is CC1C(OC(=O)c2ccc([N+](=O)[O-])cc2)CCN1C(=O)OC(C)(C)C. The number of hydrogen-bond acceptors (Lipinski definition) is 6. The molecule has 0 radical (unpaired) electrons. The summed E-state index contributed by atoms with van der Waals surface area (Å²) in [5, 5.41) is 10.6. The summed E-state index contributed by atoms with van der Waals surface area (Å²) in [7, 11) is 0. The maximum atomic E-state index is 12.2. The first-order chi connectivity index (χ1) is 11.6. The Balaban J connectivity index is 1.98. The van der Waals surface area contributed by atoms with Crippen LogP contribution in [0.4, 0.5) is 10.5 Å². The number of likely N-dealkylation sites (tertiary alicyclic amines) is 1. The van der Waals surface area contributed by atoms with Crippen molar-refractivity contribution in [2.45, 2.75) is 51.9 Å². The van der Waals surface area contributed by atoms with Gasteiger partial charge in [0.2, 0.25) is 0 Å². The van der Waals surface area contributed by atoms with E-state index < -0.39 is 28.7 Å². The van der Waals surface area contributed by atoms with Crippen LogP contribution in [-0.4, -0.2) is 46.2 Å². The molecule has 1 saturated heterocycles. The lowest BCUT2D eigenvalue weighted by Gasteiger charge is -2.28. The topological polar surface area (TPSA) is 99.0 Å². The zero-order valence-corrected chi connectivity index (χ0v) is 14.7. The molecule has 1 fully saturated rings. The van der Waals surface area contributed by atoms with Crippen LogP contribution in [0.1, 0.15) is 44.5 Å². The highest BCUT2D eigenvalue weighted by Gasteiger charge is 2.38. The van der Waals surface area contributed by atoms with Gasteiger partial charge in [0.25, 0.3) is 5.69 Å². The molecule has 25 heavy (non-hydrogen) atoms. The molecule has 0 N–H and O–H groups in total. The Morgan fingerprint density at radius 2 is 1.84 bits per heavy atom. The van der Waals surface area contributed by atoms with E-state index in [0.717, 1.165) is 0 Å². The molecule has 1 aromatic carbocycles. The number of ether oxygens (including phenoxy) is 2. The third kappa shape index (κ3) is 4.68. The molecule has 1 aromatic rings. The van der Waals surface area contributed by atoms with Gasteiger partial charge in [0.05, 0.1) is 16.5 Å². The minimum absolute atomic E-state index is 0.0955. The van der Waals surface area contributed by atoms with Gasteiger partial charge in [0, 0.05) is 25.1 Å². The molecule has 8 heteroatoms. The number of amides is 1. The van der Waals surface area contributed by atoms with Crippen LogP contribution >= 0.6 is 0 Å². The fraction of sp³-hybridized carbons (Fsp3) is 0.529. The number of nitrogens with zero attached hydrogens (tertiary/aromatic N) is 2. The first-order valence-electron chi connectivity index (χ1n) is 8.03. The van der Waals surface area contributed by atoms with E-state index in [9.17, 15) is 19.7 Å². The molecule has 0 bridgehead atoms. The Hall–Kier alpha value is -2.64. The molecule has 2 unspecified atom stereocenters. The second kappa shape index (κ2) is 7.08. The van der Waals surface area contributed by atoms with Crippen molar-refractivity contribution in [3.05, 3.63) is 39.9 Å². The van der Waals surface area contributed by atoms with Gasteiger partial charge < -0.3 is 14.4 Å². The summed E-state index contributed by atoms with van der Waals surface area (Å²) in [5.74, 6) is -0.571. The maximum absolute atomic E-state index is 12.2. The van der Waals surface area contributed by atoms with E-state index in [0.29, 0.717) is 13.0 Å². The molecule has 1 amide bonds. The monoisotopic (exact) mass is 350 g/mol. The molecule has 136 valence electrons. The second-order valence-electron chi connectivity index (χ2n) is 6.95. The lowest BCUT2D eigenvalue weighted by atomic mass is 10.2. The van der Waals surface area contributed by atoms with Gasteiger partial charge in [-0.3, -0.25) is 10.1 Å². The normalized spacial score (nSPS) is 20.2. The van der Waals surface area contributed by atoms with E-state index in [2.05, 4.69) is 0 Å². The summed E-state index contributed by atoms with van der Waals surface area (Å²) in [4.78, 5) is 36.0. The summed E-state index contributed by atoms with van der Waals surface area (Å²) >= 11 is 0. The van der Waals surface area contributed by atoms with Crippen molar-refractivity contribution in [2.75, 3.05) is 6.54 Å². The van der Waals surface area contributed by atoms with Crippen LogP contribution in [0, 0.1) is 10.1 Å². The summed E-state index contributed by atoms with van der Waals surface area (Å²) in [6.07, 6.45) is -0.372. The first kappa shape index (κ1) is 18.7. The molecule has 0 aromatic heterocycles. The molecule has 0 aliphatic carbocycles. The molecule has 1 aliphatic heterocycles. The Bertz CT molecular complexity index is 665. The van der Waals surface area contributed by atoms with E-state index in [4.69, 9.17) is 9.47 Å². The van der Waals surface area contributed by atoms with Crippen LogP contribution < -0.4 is 0 Å². The molecule has 1 heterocycles. The summed E-state index contributed by atoms with van der Waals surface area (Å²) in [6, 6.07) is 4.90. The molecular weight excluding hydrogens is 328 g/mol. The van der Waals surface area contributed by atoms with Crippen molar-refractivity contribution in [3.63, 3.8) is 0 Å². The minimum Gasteiger partial charge on any atom is -0.457 e. The van der Waals surface area contributed by atoms with Crippen LogP contribution in [-0.2, 0) is 9.47 Å². The number of rotatable bonds is 3. The number of nitro groups is 1. The number of benzene rings is 1. The number of esters is 1. The Kier molecular flexibility index (Phi) is 5.30. The van der Waals surface area contributed by atoms with Crippen LogP contribution in [0.15, 0.2) is 24.3 Å². The van der Waals surface area contributed by atoms with Crippen molar-refractivity contribution in [2.24, 2.45) is 0 Å². The maximum Gasteiger partial charge on any atom is 0.410 e. The van der Waals surface area contributed by atoms with Gasteiger partial charge >= 0.3 is 12.1 Å². The molecule has 8 nitrogen and oxygen atoms in total. The summed E-state index contributed by atoms with van der Waals surface area (Å²) in [6.45, 7) is 7.60. The number of carbonyl (C=O) groups is 2. The van der Waals surface area contributed by atoms with Crippen molar-refractivity contribution >= 4 is 17.7 Å². The lowest BCUT2D eigenvalue weighted by Crippen LogP contribution is -2.41. The molecular formula is C17H22N2O6. The Labute approximate surface area is 145 Å². The Morgan fingerprint density at radius 1 is 1.24 bits per heavy atom. The average Bonchev–Trinajstić information content (AvgIpc) is 2.87. The molecule has 2 atom stereocenters. The fourth-order valence-corrected chi connectivity index (χ4v) is 2.57. The van der Waals surface area contributed by atoms with E-state index >= 15 is 0 Å². The molecule has 2 rings (SSSR count). The summed E-state index contributed by atoms with van der Waals surface area (Å²) in [5.41, 5.74) is -0.458. The molecule has 0 saturated carbocycles. The second-order valence-corrected chi connectivity index (χ2v) is 6.95. The van der Waals surface area contributed by atoms with Crippen LogP contribution in [0.2, 0.25) is 0 Å². The number of non-ortho nitro benzene ring substituents is 1. The largest absolute Gasteiger partial charge is 0.457 e. The minimum atomic E-state index is -0.593. The summed E-state index contributed by atoms with van der Waals surface area (Å²) < 4.78 is 10.8. The number of hydrogen-bond donors (Lipinski definition) is 0. The predicted molar refractivity (Wildman–Crippen MR) is 89.3 cm³/mol. The standard InChI is InChI=1S/C17H22N2O6/c1-11-14(9-10-18(11)16(21)25-17(2,3)4)24-15(20)12-5-7-13(8-6-12)19(22)23/h5-8,11,14H,9-10H2,1-4H3. The fourth-order valence-electron chi connectivity index (χ4n) is 2.57. The van der Waals surface area contributed by atoms with Crippen LogP contribution in [0.25, 0.3) is 0 Å². The van der Waals surface area contributed by atoms with E-state index in [1.807, 2.05) is 0 Å². The van der Waals surface area contributed by atoms with Gasteiger partial charge in [-0.1, -0.05) is 0 Å². The smallest absolute Gasteiger partial charge is 0.410 e. The third-order valence-corrected chi connectivity index (χ3v) is 3.88. The third-order valence-electron chi connectivity index (χ3n) is 3.88. The molecule has 0 spiro atoms. The van der Waals surface area contributed by atoms with Crippen molar-refractivity contribution in [1.29, 1.82) is 0 Å². The zero-order valence-electron chi connectivity index (χ0n) is 14.7. The van der Waals surface area contributed by atoms with Gasteiger partial charge in [-0.15, -0.1) is 0 Å². The highest BCUT2D eigenvalue weighted by Crippen LogP contribution is 2.24. The predicted octanol–water partition coefficient (Wildman–Crippen LogP) is 3.15. The average molecular weight is 350 g/mol. The van der Waals surface area contributed by atoms with Crippen molar-refractivity contribution in [3.8, 4) is 0 Å². The van der Waals surface area contributed by atoms with Crippen LogP contribution in [0.5, 0.6) is 0 Å². The van der Waals surface area contributed by atoms with Gasteiger partial charge in [0.15, 0.2) is 0 Å². The molecule has 1 aliphatic rings. The number of carbonyl (C=O) groups excluding carboxylic acids is 2. The van der Waals surface area contributed by atoms with Crippen molar-refractivity contribution in [1.82, 2.24) is 4.90 Å². The van der Waals surface area contributed by atoms with Gasteiger partial charge in [-0.2, -0.15) is 0 Å². The highest BCUT2D eigenvalue weighted by molar-refractivity contribution is 5.89.